The van der Waals surface area contributed by atoms with Gasteiger partial charge in [0.2, 0.25) is 5.88 Å². The Morgan fingerprint density at radius 1 is 1.53 bits per heavy atom. The predicted octanol–water partition coefficient (Wildman–Crippen LogP) is 2.39. The number of methoxy groups -OCH3 is 1. The van der Waals surface area contributed by atoms with Crippen LogP contribution in [0, 0.1) is 0 Å². The third-order valence-electron chi connectivity index (χ3n) is 2.44. The van der Waals surface area contributed by atoms with Gasteiger partial charge in [0.1, 0.15) is 5.69 Å². The van der Waals surface area contributed by atoms with Gasteiger partial charge in [-0.3, -0.25) is 5.10 Å². The number of aromatic amines is 1. The maximum Gasteiger partial charge on any atom is 0.224 e. The van der Waals surface area contributed by atoms with Crippen LogP contribution >= 0.6 is 0 Å². The monoisotopic (exact) mass is 203 g/mol. The van der Waals surface area contributed by atoms with Crippen molar-refractivity contribution in [2.75, 3.05) is 7.11 Å². The molecule has 15 heavy (non-hydrogen) atoms. The molecule has 0 radical (unpaired) electrons. The molecule has 0 fully saturated rings. The van der Waals surface area contributed by atoms with Gasteiger partial charge in [0, 0.05) is 6.20 Å². The summed E-state index contributed by atoms with van der Waals surface area (Å²) in [5.74, 6) is 0.609. The molecule has 0 aliphatic heterocycles. The number of allylic oxidation sites excluding steroid dienone is 2. The van der Waals surface area contributed by atoms with Gasteiger partial charge in [0.25, 0.3) is 0 Å². The zero-order valence-corrected chi connectivity index (χ0v) is 9.03. The Morgan fingerprint density at radius 2 is 2.33 bits per heavy atom. The van der Waals surface area contributed by atoms with Crippen LogP contribution in [0.5, 0.6) is 5.88 Å². The molecule has 0 aliphatic rings. The molecular weight excluding hydrogens is 190 g/mol. The first kappa shape index (κ1) is 9.71. The molecular formula is C11H13N3O. The van der Waals surface area contributed by atoms with Crippen LogP contribution in [0.25, 0.3) is 16.5 Å². The van der Waals surface area contributed by atoms with Gasteiger partial charge < -0.3 is 4.74 Å². The van der Waals surface area contributed by atoms with E-state index in [1.807, 2.05) is 26.0 Å². The molecule has 0 atom stereocenters. The first-order valence-corrected chi connectivity index (χ1v) is 4.78. The van der Waals surface area contributed by atoms with Crippen molar-refractivity contribution in [3.8, 4) is 5.88 Å². The van der Waals surface area contributed by atoms with E-state index in [9.17, 15) is 0 Å². The number of rotatable bonds is 2. The van der Waals surface area contributed by atoms with Crippen molar-refractivity contribution in [2.45, 2.75) is 13.8 Å². The predicted molar refractivity (Wildman–Crippen MR) is 59.8 cm³/mol. The highest BCUT2D eigenvalue weighted by molar-refractivity contribution is 5.93. The molecule has 0 spiro atoms. The Balaban J connectivity index is 2.77. The summed E-state index contributed by atoms with van der Waals surface area (Å²) >= 11 is 0. The van der Waals surface area contributed by atoms with Crippen molar-refractivity contribution in [2.24, 2.45) is 0 Å². The fourth-order valence-corrected chi connectivity index (χ4v) is 1.51. The normalized spacial score (nSPS) is 12.1. The van der Waals surface area contributed by atoms with Crippen molar-refractivity contribution < 1.29 is 4.74 Å². The van der Waals surface area contributed by atoms with Gasteiger partial charge in [-0.2, -0.15) is 5.10 Å². The Hall–Kier alpha value is -1.84. The summed E-state index contributed by atoms with van der Waals surface area (Å²) < 4.78 is 5.22. The fraction of sp³-hybridized carbons (Fsp3) is 0.273. The van der Waals surface area contributed by atoms with Crippen molar-refractivity contribution in [3.63, 3.8) is 0 Å². The minimum absolute atomic E-state index is 0.609. The third-order valence-corrected chi connectivity index (χ3v) is 2.44. The second-order valence-corrected chi connectivity index (χ2v) is 3.29. The molecule has 0 aliphatic carbocycles. The van der Waals surface area contributed by atoms with E-state index in [1.54, 1.807) is 13.3 Å². The maximum atomic E-state index is 5.22. The van der Waals surface area contributed by atoms with Crippen LogP contribution in [0.2, 0.25) is 0 Å². The number of H-pyrrole nitrogens is 1. The highest BCUT2D eigenvalue weighted by Gasteiger charge is 2.12. The van der Waals surface area contributed by atoms with E-state index in [0.717, 1.165) is 22.2 Å². The highest BCUT2D eigenvalue weighted by Crippen LogP contribution is 2.28. The molecule has 2 aromatic heterocycles. The fourth-order valence-electron chi connectivity index (χ4n) is 1.51. The van der Waals surface area contributed by atoms with Crippen molar-refractivity contribution in [3.05, 3.63) is 24.0 Å². The number of fused-ring (bicyclic) bond motifs is 1. The topological polar surface area (TPSA) is 50.8 Å². The van der Waals surface area contributed by atoms with Gasteiger partial charge in [-0.25, -0.2) is 4.98 Å². The average Bonchev–Trinajstić information content (AvgIpc) is 2.71. The van der Waals surface area contributed by atoms with E-state index in [1.165, 1.54) is 0 Å². The van der Waals surface area contributed by atoms with E-state index in [2.05, 4.69) is 15.2 Å². The second kappa shape index (κ2) is 3.73. The Morgan fingerprint density at radius 3 is 3.00 bits per heavy atom. The smallest absolute Gasteiger partial charge is 0.224 e. The molecule has 2 aromatic rings. The largest absolute Gasteiger partial charge is 0.480 e. The first-order valence-electron chi connectivity index (χ1n) is 4.78. The van der Waals surface area contributed by atoms with Crippen molar-refractivity contribution in [1.82, 2.24) is 15.2 Å². The number of hydrogen-bond donors (Lipinski definition) is 1. The summed E-state index contributed by atoms with van der Waals surface area (Å²) in [6.07, 6.45) is 3.72. The van der Waals surface area contributed by atoms with E-state index >= 15 is 0 Å². The SMILES string of the molecule is C/C=C(\C)c1n[nH]c2ccnc(OC)c12. The van der Waals surface area contributed by atoms with Crippen LogP contribution in [-0.2, 0) is 0 Å². The van der Waals surface area contributed by atoms with E-state index in [4.69, 9.17) is 4.74 Å². The number of hydrogen-bond acceptors (Lipinski definition) is 3. The molecule has 0 saturated carbocycles. The Kier molecular flexibility index (Phi) is 2.41. The molecule has 0 bridgehead atoms. The van der Waals surface area contributed by atoms with Gasteiger partial charge in [-0.1, -0.05) is 6.08 Å². The van der Waals surface area contributed by atoms with E-state index < -0.39 is 0 Å². The summed E-state index contributed by atoms with van der Waals surface area (Å²) in [6, 6.07) is 1.89. The van der Waals surface area contributed by atoms with Crippen LogP contribution in [0.15, 0.2) is 18.3 Å². The van der Waals surface area contributed by atoms with Crippen LogP contribution in [0.1, 0.15) is 19.5 Å². The summed E-state index contributed by atoms with van der Waals surface area (Å²) in [5, 5.41) is 8.17. The van der Waals surface area contributed by atoms with Gasteiger partial charge in [-0.05, 0) is 25.5 Å². The minimum atomic E-state index is 0.609. The molecule has 0 unspecified atom stereocenters. The lowest BCUT2D eigenvalue weighted by Crippen LogP contribution is -1.89. The molecule has 0 amide bonds. The molecule has 2 heterocycles. The highest BCUT2D eigenvalue weighted by atomic mass is 16.5. The Bertz CT molecular complexity index is 514. The van der Waals surface area contributed by atoms with Crippen LogP contribution in [-0.4, -0.2) is 22.3 Å². The number of aromatic nitrogens is 3. The summed E-state index contributed by atoms with van der Waals surface area (Å²) in [6.45, 7) is 4.00. The molecule has 0 saturated heterocycles. The van der Waals surface area contributed by atoms with Crippen molar-refractivity contribution in [1.29, 1.82) is 0 Å². The Labute approximate surface area is 88.0 Å². The third kappa shape index (κ3) is 1.48. The van der Waals surface area contributed by atoms with Crippen LogP contribution in [0.3, 0.4) is 0 Å². The number of pyridine rings is 1. The number of nitrogens with one attached hydrogen (secondary N) is 1. The molecule has 2 rings (SSSR count). The quantitative estimate of drug-likeness (QED) is 0.815. The van der Waals surface area contributed by atoms with Gasteiger partial charge in [-0.15, -0.1) is 0 Å². The van der Waals surface area contributed by atoms with E-state index in [-0.39, 0.29) is 0 Å². The van der Waals surface area contributed by atoms with Crippen LogP contribution in [0.4, 0.5) is 0 Å². The zero-order valence-electron chi connectivity index (χ0n) is 9.03. The van der Waals surface area contributed by atoms with Gasteiger partial charge in [0.05, 0.1) is 18.0 Å². The summed E-state index contributed by atoms with van der Waals surface area (Å²) in [7, 11) is 1.61. The standard InChI is InChI=1S/C11H13N3O/c1-4-7(2)10-9-8(13-14-10)5-6-12-11(9)15-3/h4-6H,1-3H3,(H,13,14)/b7-4+. The zero-order chi connectivity index (χ0) is 10.8. The lowest BCUT2D eigenvalue weighted by atomic mass is 10.1. The van der Waals surface area contributed by atoms with Gasteiger partial charge in [0.15, 0.2) is 0 Å². The molecule has 0 aromatic carbocycles. The summed E-state index contributed by atoms with van der Waals surface area (Å²) in [4.78, 5) is 4.17. The molecule has 4 nitrogen and oxygen atoms in total. The average molecular weight is 203 g/mol. The number of ether oxygens (including phenoxy) is 1. The van der Waals surface area contributed by atoms with E-state index in [0.29, 0.717) is 5.88 Å². The van der Waals surface area contributed by atoms with Crippen molar-refractivity contribution >= 4 is 16.5 Å². The lowest BCUT2D eigenvalue weighted by Gasteiger charge is -2.01. The summed E-state index contributed by atoms with van der Waals surface area (Å²) in [5.41, 5.74) is 2.95. The van der Waals surface area contributed by atoms with Crippen LogP contribution < -0.4 is 4.74 Å². The minimum Gasteiger partial charge on any atom is -0.480 e. The first-order chi connectivity index (χ1) is 7.27. The second-order valence-electron chi connectivity index (χ2n) is 3.29. The van der Waals surface area contributed by atoms with Gasteiger partial charge >= 0.3 is 0 Å². The molecule has 1 N–H and O–H groups in total. The number of nitrogens with zero attached hydrogens (tertiary/aromatic N) is 2. The molecule has 4 heteroatoms. The molecule has 78 valence electrons. The lowest BCUT2D eigenvalue weighted by molar-refractivity contribution is 0.403. The maximum absolute atomic E-state index is 5.22.